The average Bonchev–Trinajstić information content (AvgIpc) is 3.68. The molecule has 4 aromatic rings. The predicted molar refractivity (Wildman–Crippen MR) is 150 cm³/mol. The van der Waals surface area contributed by atoms with Crippen molar-refractivity contribution in [2.75, 3.05) is 18.4 Å². The van der Waals surface area contributed by atoms with Gasteiger partial charge >= 0.3 is 0 Å². The Hall–Kier alpha value is -3.84. The van der Waals surface area contributed by atoms with Crippen molar-refractivity contribution in [1.29, 1.82) is 0 Å². The van der Waals surface area contributed by atoms with Crippen LogP contribution >= 0.6 is 0 Å². The number of benzene rings is 2. The number of anilines is 1. The summed E-state index contributed by atoms with van der Waals surface area (Å²) in [6.07, 6.45) is 7.20. The monoisotopic (exact) mass is 507 g/mol. The standard InChI is InChI=1S/C31H33N5O2/c1-19-10-11-23-21(17-28(37)26-16-20(26)2)6-3-8-24(23)29(19)38-30-25(9-5-14-33-30)27-12-15-34-31(36-27)35-22-7-4-13-32-18-22/h3,5-6,8-12,14-15,20,22,26,32H,4,7,13,16-18H2,1-2H3,(H,34,35,36)/t20-,22-,26+/m0/s1. The van der Waals surface area contributed by atoms with Crippen molar-refractivity contribution in [2.45, 2.75) is 45.6 Å². The molecule has 0 radical (unpaired) electrons. The zero-order valence-electron chi connectivity index (χ0n) is 21.9. The number of rotatable bonds is 8. The first-order valence-electron chi connectivity index (χ1n) is 13.5. The lowest BCUT2D eigenvalue weighted by molar-refractivity contribution is -0.119. The molecule has 194 valence electrons. The molecule has 7 nitrogen and oxygen atoms in total. The zero-order chi connectivity index (χ0) is 26.1. The third-order valence-electron chi connectivity index (χ3n) is 7.72. The first-order valence-corrected chi connectivity index (χ1v) is 13.5. The Morgan fingerprint density at radius 2 is 1.97 bits per heavy atom. The fourth-order valence-corrected chi connectivity index (χ4v) is 5.38. The van der Waals surface area contributed by atoms with Gasteiger partial charge in [-0.15, -0.1) is 0 Å². The van der Waals surface area contributed by atoms with E-state index in [-0.39, 0.29) is 5.92 Å². The first-order chi connectivity index (χ1) is 18.6. The molecule has 2 N–H and O–H groups in total. The van der Waals surface area contributed by atoms with Gasteiger partial charge in [0, 0.05) is 42.7 Å². The molecule has 2 aliphatic rings. The molecule has 3 heterocycles. The highest BCUT2D eigenvalue weighted by atomic mass is 16.5. The lowest BCUT2D eigenvalue weighted by Gasteiger charge is -2.23. The second-order valence-corrected chi connectivity index (χ2v) is 10.6. The third-order valence-corrected chi connectivity index (χ3v) is 7.72. The van der Waals surface area contributed by atoms with E-state index in [1.807, 2.05) is 31.2 Å². The van der Waals surface area contributed by atoms with Gasteiger partial charge in [0.05, 0.1) is 11.3 Å². The molecule has 1 saturated heterocycles. The number of nitrogens with zero attached hydrogens (tertiary/aromatic N) is 3. The normalized spacial score (nSPS) is 20.7. The topological polar surface area (TPSA) is 89.0 Å². The summed E-state index contributed by atoms with van der Waals surface area (Å²) in [4.78, 5) is 26.6. The fraction of sp³-hybridized carbons (Fsp3) is 0.355. The number of aryl methyl sites for hydroxylation is 1. The molecule has 2 fully saturated rings. The van der Waals surface area contributed by atoms with Gasteiger partial charge < -0.3 is 15.4 Å². The number of pyridine rings is 1. The average molecular weight is 508 g/mol. The minimum absolute atomic E-state index is 0.212. The molecular weight excluding hydrogens is 474 g/mol. The Morgan fingerprint density at radius 1 is 1.08 bits per heavy atom. The number of hydrogen-bond acceptors (Lipinski definition) is 7. The van der Waals surface area contributed by atoms with Crippen molar-refractivity contribution >= 4 is 22.5 Å². The Morgan fingerprint density at radius 3 is 2.79 bits per heavy atom. The number of fused-ring (bicyclic) bond motifs is 1. The van der Waals surface area contributed by atoms with Crippen molar-refractivity contribution in [3.63, 3.8) is 0 Å². The van der Waals surface area contributed by atoms with Crippen LogP contribution in [-0.4, -0.2) is 39.9 Å². The molecule has 0 unspecified atom stereocenters. The van der Waals surface area contributed by atoms with Gasteiger partial charge in [0.15, 0.2) is 0 Å². The highest BCUT2D eigenvalue weighted by Gasteiger charge is 2.38. The van der Waals surface area contributed by atoms with Crippen LogP contribution < -0.4 is 15.4 Å². The smallest absolute Gasteiger partial charge is 0.228 e. The molecule has 0 bridgehead atoms. The van der Waals surface area contributed by atoms with Gasteiger partial charge in [-0.05, 0) is 73.4 Å². The second-order valence-electron chi connectivity index (χ2n) is 10.6. The van der Waals surface area contributed by atoms with Crippen LogP contribution in [0.4, 0.5) is 5.95 Å². The van der Waals surface area contributed by atoms with Crippen LogP contribution in [0.5, 0.6) is 11.6 Å². The minimum Gasteiger partial charge on any atom is -0.437 e. The molecule has 2 aromatic carbocycles. The maximum absolute atomic E-state index is 12.8. The van der Waals surface area contributed by atoms with E-state index in [4.69, 9.17) is 9.72 Å². The summed E-state index contributed by atoms with van der Waals surface area (Å²) < 4.78 is 6.55. The Bertz CT molecular complexity index is 1480. The number of Topliss-reactive ketones (excluding diaryl/α,β-unsaturated/α-hetero) is 1. The first kappa shape index (κ1) is 24.5. The molecule has 2 aromatic heterocycles. The molecule has 7 heteroatoms. The van der Waals surface area contributed by atoms with Crippen molar-refractivity contribution in [3.8, 4) is 22.9 Å². The Kier molecular flexibility index (Phi) is 6.77. The van der Waals surface area contributed by atoms with Gasteiger partial charge in [-0.3, -0.25) is 4.79 Å². The number of nitrogens with one attached hydrogen (secondary N) is 2. The zero-order valence-corrected chi connectivity index (χ0v) is 21.9. The van der Waals surface area contributed by atoms with Gasteiger partial charge in [0.1, 0.15) is 11.5 Å². The number of ketones is 1. The third kappa shape index (κ3) is 5.11. The molecule has 1 saturated carbocycles. The lowest BCUT2D eigenvalue weighted by Crippen LogP contribution is -2.38. The van der Waals surface area contributed by atoms with Gasteiger partial charge in [-0.25, -0.2) is 15.0 Å². The summed E-state index contributed by atoms with van der Waals surface area (Å²) in [5, 5.41) is 8.89. The summed E-state index contributed by atoms with van der Waals surface area (Å²) in [5.41, 5.74) is 3.59. The van der Waals surface area contributed by atoms with Crippen molar-refractivity contribution in [3.05, 3.63) is 72.1 Å². The van der Waals surface area contributed by atoms with E-state index < -0.39 is 0 Å². The van der Waals surface area contributed by atoms with Gasteiger partial charge in [0.2, 0.25) is 11.8 Å². The molecule has 6 rings (SSSR count). The molecule has 3 atom stereocenters. The van der Waals surface area contributed by atoms with Crippen LogP contribution in [0.15, 0.2) is 60.9 Å². The molecule has 0 spiro atoms. The van der Waals surface area contributed by atoms with Gasteiger partial charge in [-0.2, -0.15) is 0 Å². The van der Waals surface area contributed by atoms with Crippen LogP contribution in [0.2, 0.25) is 0 Å². The van der Waals surface area contributed by atoms with E-state index in [2.05, 4.69) is 51.8 Å². The largest absolute Gasteiger partial charge is 0.437 e. The number of piperidine rings is 1. The van der Waals surface area contributed by atoms with Crippen LogP contribution in [0.25, 0.3) is 22.0 Å². The molecule has 1 aliphatic heterocycles. The van der Waals surface area contributed by atoms with E-state index in [0.717, 1.165) is 71.3 Å². The summed E-state index contributed by atoms with van der Waals surface area (Å²) in [7, 11) is 0. The number of carbonyl (C=O) groups excluding carboxylic acids is 1. The van der Waals surface area contributed by atoms with Crippen molar-refractivity contribution in [2.24, 2.45) is 11.8 Å². The number of hydrogen-bond donors (Lipinski definition) is 2. The van der Waals surface area contributed by atoms with E-state index in [1.165, 1.54) is 0 Å². The van der Waals surface area contributed by atoms with Crippen LogP contribution in [0.3, 0.4) is 0 Å². The van der Waals surface area contributed by atoms with E-state index in [0.29, 0.717) is 36.0 Å². The second kappa shape index (κ2) is 10.5. The van der Waals surface area contributed by atoms with Crippen LogP contribution in [-0.2, 0) is 11.2 Å². The number of aromatic nitrogens is 3. The van der Waals surface area contributed by atoms with E-state index in [1.54, 1.807) is 12.4 Å². The predicted octanol–water partition coefficient (Wildman–Crippen LogP) is 5.72. The maximum atomic E-state index is 12.8. The quantitative estimate of drug-likeness (QED) is 0.315. The Labute approximate surface area is 223 Å². The highest BCUT2D eigenvalue weighted by Crippen LogP contribution is 2.41. The highest BCUT2D eigenvalue weighted by molar-refractivity contribution is 5.96. The maximum Gasteiger partial charge on any atom is 0.228 e. The minimum atomic E-state index is 0.212. The van der Waals surface area contributed by atoms with E-state index >= 15 is 0 Å². The van der Waals surface area contributed by atoms with Crippen LogP contribution in [0.1, 0.15) is 37.3 Å². The number of carbonyl (C=O) groups is 1. The fourth-order valence-electron chi connectivity index (χ4n) is 5.38. The molecule has 38 heavy (non-hydrogen) atoms. The van der Waals surface area contributed by atoms with Crippen molar-refractivity contribution in [1.82, 2.24) is 20.3 Å². The Balaban J connectivity index is 1.31. The van der Waals surface area contributed by atoms with E-state index in [9.17, 15) is 4.79 Å². The molecule has 1 aliphatic carbocycles. The summed E-state index contributed by atoms with van der Waals surface area (Å²) in [6, 6.07) is 16.3. The van der Waals surface area contributed by atoms with Gasteiger partial charge in [0.25, 0.3) is 0 Å². The molecular formula is C31H33N5O2. The summed E-state index contributed by atoms with van der Waals surface area (Å²) in [5.74, 6) is 2.89. The lowest BCUT2D eigenvalue weighted by atomic mass is 9.96. The summed E-state index contributed by atoms with van der Waals surface area (Å²) >= 11 is 0. The summed E-state index contributed by atoms with van der Waals surface area (Å²) in [6.45, 7) is 6.14. The van der Waals surface area contributed by atoms with Gasteiger partial charge in [-0.1, -0.05) is 37.3 Å². The SMILES string of the molecule is Cc1ccc2c(CC(=O)[C@@H]3C[C@@H]3C)cccc2c1Oc1ncccc1-c1ccnc(N[C@H]2CCCNC2)n1. The van der Waals surface area contributed by atoms with Crippen LogP contribution in [0, 0.1) is 18.8 Å². The molecule has 0 amide bonds. The number of ether oxygens (including phenoxy) is 1. The van der Waals surface area contributed by atoms with Crippen molar-refractivity contribution < 1.29 is 9.53 Å².